The van der Waals surface area contributed by atoms with E-state index in [1.807, 2.05) is 43.3 Å². The fourth-order valence-corrected chi connectivity index (χ4v) is 3.21. The van der Waals surface area contributed by atoms with Gasteiger partial charge in [-0.25, -0.2) is 0 Å². The molecule has 2 aromatic carbocycles. The Bertz CT molecular complexity index is 794. The van der Waals surface area contributed by atoms with Crippen molar-refractivity contribution in [3.05, 3.63) is 58.6 Å². The van der Waals surface area contributed by atoms with Gasteiger partial charge in [-0.1, -0.05) is 41.9 Å². The third kappa shape index (κ3) is 2.66. The number of halogens is 1. The van der Waals surface area contributed by atoms with Crippen molar-refractivity contribution in [1.82, 2.24) is 0 Å². The molecular weight excluding hydrogens is 312 g/mol. The molecule has 0 N–H and O–H groups in total. The Morgan fingerprint density at radius 3 is 2.30 bits per heavy atom. The normalized spacial score (nSPS) is 19.7. The fraction of sp³-hybridized carbons (Fsp3) is 0.263. The van der Waals surface area contributed by atoms with Crippen LogP contribution in [0.25, 0.3) is 11.1 Å². The molecule has 1 saturated heterocycles. The molecule has 0 saturated carbocycles. The van der Waals surface area contributed by atoms with Crippen LogP contribution < -0.4 is 0 Å². The van der Waals surface area contributed by atoms with Gasteiger partial charge in [0.25, 0.3) is 0 Å². The van der Waals surface area contributed by atoms with Crippen molar-refractivity contribution >= 4 is 23.4 Å². The molecule has 0 bridgehead atoms. The van der Waals surface area contributed by atoms with Gasteiger partial charge in [-0.15, -0.1) is 0 Å². The van der Waals surface area contributed by atoms with Crippen molar-refractivity contribution in [3.8, 4) is 11.1 Å². The highest BCUT2D eigenvalue weighted by Crippen LogP contribution is 2.39. The van der Waals surface area contributed by atoms with Crippen LogP contribution in [0, 0.1) is 6.92 Å². The highest BCUT2D eigenvalue weighted by atomic mass is 35.5. The van der Waals surface area contributed by atoms with Gasteiger partial charge in [-0.05, 0) is 49.6 Å². The van der Waals surface area contributed by atoms with Crippen LogP contribution in [0.5, 0.6) is 0 Å². The molecule has 2 aromatic rings. The first-order valence-electron chi connectivity index (χ1n) is 7.44. The number of rotatable bonds is 2. The summed E-state index contributed by atoms with van der Waals surface area (Å²) in [5.41, 5.74) is 2.26. The zero-order valence-corrected chi connectivity index (χ0v) is 14.0. The Labute approximate surface area is 140 Å². The topological polar surface area (TPSA) is 43.4 Å². The van der Waals surface area contributed by atoms with Gasteiger partial charge in [0.1, 0.15) is 5.92 Å². The summed E-state index contributed by atoms with van der Waals surface area (Å²) in [5, 5.41) is 0.516. The average molecular weight is 329 g/mol. The van der Waals surface area contributed by atoms with Gasteiger partial charge in [0, 0.05) is 10.6 Å². The smallest absolute Gasteiger partial charge is 0.322 e. The molecule has 1 fully saturated rings. The second kappa shape index (κ2) is 5.50. The quantitative estimate of drug-likeness (QED) is 0.609. The van der Waals surface area contributed by atoms with E-state index in [0.29, 0.717) is 10.6 Å². The van der Waals surface area contributed by atoms with Crippen molar-refractivity contribution in [2.45, 2.75) is 32.3 Å². The molecule has 118 valence electrons. The Morgan fingerprint density at radius 2 is 1.74 bits per heavy atom. The highest BCUT2D eigenvalue weighted by Gasteiger charge is 2.50. The van der Waals surface area contributed by atoms with E-state index in [9.17, 15) is 9.59 Å². The maximum atomic E-state index is 12.5. The number of esters is 1. The molecule has 3 nitrogen and oxygen atoms in total. The zero-order chi connectivity index (χ0) is 16.8. The minimum Gasteiger partial charge on any atom is -0.451 e. The summed E-state index contributed by atoms with van der Waals surface area (Å²) in [6, 6.07) is 13.4. The van der Waals surface area contributed by atoms with Crippen molar-refractivity contribution in [2.24, 2.45) is 0 Å². The monoisotopic (exact) mass is 328 g/mol. The van der Waals surface area contributed by atoms with Crippen molar-refractivity contribution < 1.29 is 14.3 Å². The summed E-state index contributed by atoms with van der Waals surface area (Å²) >= 11 is 6.42. The zero-order valence-electron chi connectivity index (χ0n) is 13.2. The first-order chi connectivity index (χ1) is 10.8. The Morgan fingerprint density at radius 1 is 1.09 bits per heavy atom. The van der Waals surface area contributed by atoms with Gasteiger partial charge in [0.05, 0.1) is 0 Å². The third-order valence-corrected chi connectivity index (χ3v) is 4.51. The van der Waals surface area contributed by atoms with Crippen LogP contribution in [0.15, 0.2) is 42.5 Å². The van der Waals surface area contributed by atoms with E-state index in [1.54, 1.807) is 19.9 Å². The number of Topliss-reactive ketones (excluding diaryl/α,β-unsaturated/α-hetero) is 1. The Kier molecular flexibility index (Phi) is 3.77. The molecular formula is C19H17ClO3. The summed E-state index contributed by atoms with van der Waals surface area (Å²) in [6.45, 7) is 5.11. The van der Waals surface area contributed by atoms with E-state index in [-0.39, 0.29) is 5.78 Å². The summed E-state index contributed by atoms with van der Waals surface area (Å²) in [5.74, 6) is -1.63. The molecule has 0 aliphatic carbocycles. The minimum atomic E-state index is -1.08. The van der Waals surface area contributed by atoms with E-state index >= 15 is 0 Å². The number of benzene rings is 2. The molecule has 0 amide bonds. The van der Waals surface area contributed by atoms with Crippen LogP contribution >= 0.6 is 11.6 Å². The molecule has 1 aliphatic heterocycles. The van der Waals surface area contributed by atoms with Crippen LogP contribution in [-0.4, -0.2) is 17.4 Å². The third-order valence-electron chi connectivity index (χ3n) is 4.20. The molecule has 1 unspecified atom stereocenters. The highest BCUT2D eigenvalue weighted by molar-refractivity contribution is 6.33. The van der Waals surface area contributed by atoms with Gasteiger partial charge < -0.3 is 4.74 Å². The Balaban J connectivity index is 2.08. The molecule has 1 heterocycles. The number of ether oxygens (including phenoxy) is 1. The number of carbonyl (C=O) groups excluding carboxylic acids is 2. The molecule has 0 radical (unpaired) electrons. The number of aryl methyl sites for hydroxylation is 1. The second-order valence-electron chi connectivity index (χ2n) is 6.28. The number of carbonyl (C=O) groups is 2. The molecule has 0 aromatic heterocycles. The average Bonchev–Trinajstić information content (AvgIpc) is 2.70. The van der Waals surface area contributed by atoms with E-state index in [0.717, 1.165) is 16.7 Å². The number of hydrogen-bond donors (Lipinski definition) is 0. The standard InChI is InChI=1S/C19H17ClO3/c1-11-9-14(12-7-5-4-6-8-12)15(20)10-13(11)16-17(21)19(2,3)23-18(16)22/h4-10,16H,1-3H3. The maximum absolute atomic E-state index is 12.5. The predicted octanol–water partition coefficient (Wildman–Crippen LogP) is 4.30. The van der Waals surface area contributed by atoms with E-state index in [1.165, 1.54) is 0 Å². The van der Waals surface area contributed by atoms with Gasteiger partial charge >= 0.3 is 5.97 Å². The second-order valence-corrected chi connectivity index (χ2v) is 6.69. The maximum Gasteiger partial charge on any atom is 0.322 e. The molecule has 1 atom stereocenters. The lowest BCUT2D eigenvalue weighted by Crippen LogP contribution is -2.29. The first kappa shape index (κ1) is 15.8. The summed E-state index contributed by atoms with van der Waals surface area (Å²) < 4.78 is 5.21. The van der Waals surface area contributed by atoms with Crippen LogP contribution in [0.4, 0.5) is 0 Å². The minimum absolute atomic E-state index is 0.228. The molecule has 4 heteroatoms. The molecule has 3 rings (SSSR count). The van der Waals surface area contributed by atoms with Crippen molar-refractivity contribution in [3.63, 3.8) is 0 Å². The lowest BCUT2D eigenvalue weighted by molar-refractivity contribution is -0.148. The lowest BCUT2D eigenvalue weighted by atomic mass is 9.86. The predicted molar refractivity (Wildman–Crippen MR) is 89.5 cm³/mol. The van der Waals surface area contributed by atoms with Gasteiger partial charge in [-0.3, -0.25) is 9.59 Å². The first-order valence-corrected chi connectivity index (χ1v) is 7.81. The number of ketones is 1. The molecule has 23 heavy (non-hydrogen) atoms. The molecule has 1 aliphatic rings. The summed E-state index contributed by atoms with van der Waals surface area (Å²) in [6.07, 6.45) is 0. The van der Waals surface area contributed by atoms with Crippen molar-refractivity contribution in [1.29, 1.82) is 0 Å². The number of hydrogen-bond acceptors (Lipinski definition) is 3. The summed E-state index contributed by atoms with van der Waals surface area (Å²) in [7, 11) is 0. The van der Waals surface area contributed by atoms with Crippen LogP contribution in [0.3, 0.4) is 0 Å². The van der Waals surface area contributed by atoms with E-state index < -0.39 is 17.5 Å². The Hall–Kier alpha value is -2.13. The fourth-order valence-electron chi connectivity index (χ4n) is 2.93. The van der Waals surface area contributed by atoms with E-state index in [4.69, 9.17) is 16.3 Å². The lowest BCUT2D eigenvalue weighted by Gasteiger charge is -2.15. The summed E-state index contributed by atoms with van der Waals surface area (Å²) in [4.78, 5) is 24.6. The van der Waals surface area contributed by atoms with Gasteiger partial charge in [0.2, 0.25) is 0 Å². The van der Waals surface area contributed by atoms with Crippen LogP contribution in [0.1, 0.15) is 30.9 Å². The molecule has 0 spiro atoms. The van der Waals surface area contributed by atoms with Crippen LogP contribution in [-0.2, 0) is 14.3 Å². The van der Waals surface area contributed by atoms with E-state index in [2.05, 4.69) is 0 Å². The van der Waals surface area contributed by atoms with Gasteiger partial charge in [-0.2, -0.15) is 0 Å². The van der Waals surface area contributed by atoms with Crippen LogP contribution in [0.2, 0.25) is 5.02 Å². The largest absolute Gasteiger partial charge is 0.451 e. The SMILES string of the molecule is Cc1cc(-c2ccccc2)c(Cl)cc1C1C(=O)OC(C)(C)C1=O. The van der Waals surface area contributed by atoms with Gasteiger partial charge in [0.15, 0.2) is 11.4 Å². The van der Waals surface area contributed by atoms with Crippen molar-refractivity contribution in [2.75, 3.05) is 0 Å². The number of cyclic esters (lactones) is 1.